The van der Waals surface area contributed by atoms with Crippen molar-refractivity contribution >= 4 is 5.82 Å². The van der Waals surface area contributed by atoms with Gasteiger partial charge in [0.15, 0.2) is 23.1 Å². The van der Waals surface area contributed by atoms with Crippen molar-refractivity contribution in [2.24, 2.45) is 0 Å². The molecule has 0 saturated heterocycles. The molecule has 5 heteroatoms. The van der Waals surface area contributed by atoms with Crippen molar-refractivity contribution in [3.63, 3.8) is 0 Å². The Bertz CT molecular complexity index is 576. The quantitative estimate of drug-likeness (QED) is 0.915. The molecule has 0 radical (unpaired) electrons. The fourth-order valence-electron chi connectivity index (χ4n) is 2.06. The Morgan fingerprint density at radius 2 is 2.21 bits per heavy atom. The number of hydrogen-bond donors (Lipinski definition) is 1. The number of para-hydroxylation sites is 1. The zero-order valence-corrected chi connectivity index (χ0v) is 10.8. The van der Waals surface area contributed by atoms with Gasteiger partial charge < -0.3 is 19.7 Å². The lowest BCUT2D eigenvalue weighted by molar-refractivity contribution is 0.116. The lowest BCUT2D eigenvalue weighted by Gasteiger charge is -2.28. The summed E-state index contributed by atoms with van der Waals surface area (Å²) in [5, 5.41) is 3.71. The van der Waals surface area contributed by atoms with Gasteiger partial charge in [0.1, 0.15) is 0 Å². The number of anilines is 1. The predicted octanol–water partition coefficient (Wildman–Crippen LogP) is 2.86. The third kappa shape index (κ3) is 2.23. The number of hydrogen-bond acceptors (Lipinski definition) is 5. The van der Waals surface area contributed by atoms with Crippen LogP contribution < -0.4 is 15.2 Å². The molecule has 3 rings (SSSR count). The van der Waals surface area contributed by atoms with Crippen LogP contribution in [0, 0.1) is 0 Å². The summed E-state index contributed by atoms with van der Waals surface area (Å²) in [6, 6.07) is 7.36. The van der Waals surface area contributed by atoms with Gasteiger partial charge in [0.2, 0.25) is 0 Å². The number of nitrogen functional groups attached to an aromatic ring is 1. The van der Waals surface area contributed by atoms with Crippen LogP contribution >= 0.6 is 0 Å². The van der Waals surface area contributed by atoms with Crippen LogP contribution in [0.25, 0.3) is 11.3 Å². The van der Waals surface area contributed by atoms with Gasteiger partial charge in [-0.1, -0.05) is 11.2 Å². The molecule has 0 atom stereocenters. The topological polar surface area (TPSA) is 70.5 Å². The summed E-state index contributed by atoms with van der Waals surface area (Å²) < 4.78 is 16.6. The third-order valence-electron chi connectivity index (χ3n) is 3.33. The SMILES string of the molecule is COc1cccc(-c2cc(N)no2)c1OC1CCC1. The Labute approximate surface area is 111 Å². The number of rotatable bonds is 4. The zero-order chi connectivity index (χ0) is 13.2. The van der Waals surface area contributed by atoms with Crippen molar-refractivity contribution in [2.45, 2.75) is 25.4 Å². The van der Waals surface area contributed by atoms with Crippen molar-refractivity contribution in [1.82, 2.24) is 5.16 Å². The number of methoxy groups -OCH3 is 1. The van der Waals surface area contributed by atoms with Crippen molar-refractivity contribution in [3.05, 3.63) is 24.3 Å². The average molecular weight is 260 g/mol. The van der Waals surface area contributed by atoms with Crippen LogP contribution in [0.4, 0.5) is 5.82 Å². The number of aromatic nitrogens is 1. The molecule has 0 spiro atoms. The summed E-state index contributed by atoms with van der Waals surface area (Å²) >= 11 is 0. The average Bonchev–Trinajstić information content (AvgIpc) is 2.80. The lowest BCUT2D eigenvalue weighted by atomic mass is 9.96. The van der Waals surface area contributed by atoms with E-state index in [1.807, 2.05) is 18.2 Å². The van der Waals surface area contributed by atoms with Gasteiger partial charge in [0, 0.05) is 6.07 Å². The van der Waals surface area contributed by atoms with Gasteiger partial charge in [0.25, 0.3) is 0 Å². The monoisotopic (exact) mass is 260 g/mol. The largest absolute Gasteiger partial charge is 0.493 e. The molecule has 1 aromatic carbocycles. The maximum Gasteiger partial charge on any atom is 0.172 e. The van der Waals surface area contributed by atoms with Crippen molar-refractivity contribution in [2.75, 3.05) is 12.8 Å². The minimum absolute atomic E-state index is 0.260. The van der Waals surface area contributed by atoms with E-state index in [-0.39, 0.29) is 6.10 Å². The van der Waals surface area contributed by atoms with Crippen LogP contribution in [0.2, 0.25) is 0 Å². The molecule has 1 aliphatic rings. The molecule has 1 fully saturated rings. The Hall–Kier alpha value is -2.17. The first-order valence-electron chi connectivity index (χ1n) is 6.34. The highest BCUT2D eigenvalue weighted by molar-refractivity contribution is 5.71. The smallest absolute Gasteiger partial charge is 0.172 e. The van der Waals surface area contributed by atoms with Crippen molar-refractivity contribution in [3.8, 4) is 22.8 Å². The maximum absolute atomic E-state index is 6.01. The first-order chi connectivity index (χ1) is 9.28. The minimum Gasteiger partial charge on any atom is -0.493 e. The van der Waals surface area contributed by atoms with E-state index >= 15 is 0 Å². The molecule has 19 heavy (non-hydrogen) atoms. The summed E-state index contributed by atoms with van der Waals surface area (Å²) in [6.07, 6.45) is 3.63. The van der Waals surface area contributed by atoms with E-state index in [9.17, 15) is 0 Å². The molecule has 5 nitrogen and oxygen atoms in total. The Morgan fingerprint density at radius 3 is 2.79 bits per heavy atom. The van der Waals surface area contributed by atoms with Gasteiger partial charge in [-0.3, -0.25) is 0 Å². The van der Waals surface area contributed by atoms with E-state index in [2.05, 4.69) is 5.16 Å². The highest BCUT2D eigenvalue weighted by Gasteiger charge is 2.24. The first kappa shape index (κ1) is 11.9. The molecule has 1 aliphatic carbocycles. The summed E-state index contributed by atoms with van der Waals surface area (Å²) in [5.41, 5.74) is 6.41. The molecule has 0 unspecified atom stereocenters. The molecule has 2 N–H and O–H groups in total. The lowest BCUT2D eigenvalue weighted by Crippen LogP contribution is -2.25. The summed E-state index contributed by atoms with van der Waals surface area (Å²) in [6.45, 7) is 0. The normalized spacial score (nSPS) is 15.0. The van der Waals surface area contributed by atoms with Gasteiger partial charge in [-0.15, -0.1) is 0 Å². The van der Waals surface area contributed by atoms with Gasteiger partial charge in [-0.25, -0.2) is 0 Å². The van der Waals surface area contributed by atoms with Crippen molar-refractivity contribution < 1.29 is 14.0 Å². The Morgan fingerprint density at radius 1 is 1.37 bits per heavy atom. The number of nitrogens with two attached hydrogens (primary N) is 1. The zero-order valence-electron chi connectivity index (χ0n) is 10.8. The van der Waals surface area contributed by atoms with E-state index in [0.717, 1.165) is 18.4 Å². The van der Waals surface area contributed by atoms with Crippen LogP contribution in [0.5, 0.6) is 11.5 Å². The highest BCUT2D eigenvalue weighted by Crippen LogP contribution is 2.41. The fourth-order valence-corrected chi connectivity index (χ4v) is 2.06. The minimum atomic E-state index is 0.260. The highest BCUT2D eigenvalue weighted by atomic mass is 16.5. The molecule has 0 bridgehead atoms. The second-order valence-electron chi connectivity index (χ2n) is 4.62. The summed E-state index contributed by atoms with van der Waals surface area (Å²) in [7, 11) is 1.63. The molecule has 0 amide bonds. The number of benzene rings is 1. The van der Waals surface area contributed by atoms with Crippen LogP contribution in [-0.4, -0.2) is 18.4 Å². The Balaban J connectivity index is 2.01. The second kappa shape index (κ2) is 4.84. The molecular formula is C14H16N2O3. The van der Waals surface area contributed by atoms with Crippen LogP contribution in [-0.2, 0) is 0 Å². The van der Waals surface area contributed by atoms with E-state index < -0.39 is 0 Å². The van der Waals surface area contributed by atoms with E-state index in [0.29, 0.717) is 23.1 Å². The van der Waals surface area contributed by atoms with E-state index in [1.54, 1.807) is 13.2 Å². The van der Waals surface area contributed by atoms with Gasteiger partial charge in [-0.05, 0) is 31.4 Å². The Kier molecular flexibility index (Phi) is 3.03. The van der Waals surface area contributed by atoms with Crippen LogP contribution in [0.1, 0.15) is 19.3 Å². The van der Waals surface area contributed by atoms with E-state index in [4.69, 9.17) is 19.7 Å². The molecule has 1 heterocycles. The predicted molar refractivity (Wildman–Crippen MR) is 71.2 cm³/mol. The second-order valence-corrected chi connectivity index (χ2v) is 4.62. The standard InChI is InChI=1S/C14H16N2O3/c1-17-11-7-3-6-10(12-8-13(15)16-19-12)14(11)18-9-4-2-5-9/h3,6-9H,2,4-5H2,1H3,(H2,15,16). The van der Waals surface area contributed by atoms with Crippen LogP contribution in [0.3, 0.4) is 0 Å². The van der Waals surface area contributed by atoms with E-state index in [1.165, 1.54) is 6.42 Å². The first-order valence-corrected chi connectivity index (χ1v) is 6.34. The van der Waals surface area contributed by atoms with Gasteiger partial charge in [-0.2, -0.15) is 0 Å². The molecule has 100 valence electrons. The maximum atomic E-state index is 6.01. The fraction of sp³-hybridized carbons (Fsp3) is 0.357. The third-order valence-corrected chi connectivity index (χ3v) is 3.33. The molecule has 0 aliphatic heterocycles. The van der Waals surface area contributed by atoms with Gasteiger partial charge >= 0.3 is 0 Å². The molecule has 1 aromatic heterocycles. The van der Waals surface area contributed by atoms with Crippen molar-refractivity contribution in [1.29, 1.82) is 0 Å². The number of nitrogens with zero attached hydrogens (tertiary/aromatic N) is 1. The van der Waals surface area contributed by atoms with Crippen LogP contribution in [0.15, 0.2) is 28.8 Å². The molecule has 1 saturated carbocycles. The molecular weight excluding hydrogens is 244 g/mol. The summed E-state index contributed by atoms with van der Waals surface area (Å²) in [4.78, 5) is 0. The van der Waals surface area contributed by atoms with Gasteiger partial charge in [0.05, 0.1) is 18.8 Å². The summed E-state index contributed by atoms with van der Waals surface area (Å²) in [5.74, 6) is 2.34. The number of ether oxygens (including phenoxy) is 2. The molecule has 2 aromatic rings.